The standard InChI is InChI=1S/C31H30ClF5N4O3/c1-30(2)13-3-4-20(16-30)41-26-12-10-22(43-17-27(42)39-24-14-18(28(33)34)5-11-23(24)32)15-25(26)40-29(41)38-19-6-8-21(9-7-19)44-31(35,36)37/h5-12,14-15,20,28H,3-4,13,16-17H2,1-2H3,(H,38,40)(H,39,42). The van der Waals surface area contributed by atoms with E-state index in [2.05, 4.69) is 33.8 Å². The van der Waals surface area contributed by atoms with Gasteiger partial charge in [-0.2, -0.15) is 0 Å². The van der Waals surface area contributed by atoms with Gasteiger partial charge in [0.15, 0.2) is 6.61 Å². The maximum absolute atomic E-state index is 13.1. The van der Waals surface area contributed by atoms with E-state index >= 15 is 0 Å². The summed E-state index contributed by atoms with van der Waals surface area (Å²) >= 11 is 6.05. The summed E-state index contributed by atoms with van der Waals surface area (Å²) < 4.78 is 75.7. The molecule has 44 heavy (non-hydrogen) atoms. The molecule has 0 bridgehead atoms. The number of nitrogens with one attached hydrogen (secondary N) is 2. The average Bonchev–Trinajstić information content (AvgIpc) is 3.29. The molecular weight excluding hydrogens is 607 g/mol. The molecule has 7 nitrogen and oxygen atoms in total. The zero-order chi connectivity index (χ0) is 31.6. The maximum atomic E-state index is 13.1. The topological polar surface area (TPSA) is 77.4 Å². The summed E-state index contributed by atoms with van der Waals surface area (Å²) in [5, 5.41) is 5.84. The van der Waals surface area contributed by atoms with E-state index in [1.807, 2.05) is 6.07 Å². The van der Waals surface area contributed by atoms with Crippen molar-refractivity contribution in [3.63, 3.8) is 0 Å². The number of anilines is 3. The number of imidazole rings is 1. The number of nitrogens with zero attached hydrogens (tertiary/aromatic N) is 2. The first kappa shape index (κ1) is 31.4. The second-order valence-electron chi connectivity index (χ2n) is 11.4. The molecule has 1 aromatic heterocycles. The Morgan fingerprint density at radius 2 is 1.82 bits per heavy atom. The van der Waals surface area contributed by atoms with Gasteiger partial charge in [0.1, 0.15) is 11.5 Å². The number of rotatable bonds is 9. The Kier molecular flexibility index (Phi) is 8.92. The first-order chi connectivity index (χ1) is 20.8. The fourth-order valence-electron chi connectivity index (χ4n) is 5.48. The number of benzene rings is 3. The minimum atomic E-state index is -4.79. The third-order valence-electron chi connectivity index (χ3n) is 7.44. The number of alkyl halides is 5. The van der Waals surface area contributed by atoms with Crippen molar-refractivity contribution >= 4 is 45.9 Å². The van der Waals surface area contributed by atoms with Gasteiger partial charge in [0, 0.05) is 23.4 Å². The first-order valence-electron chi connectivity index (χ1n) is 13.9. The zero-order valence-corrected chi connectivity index (χ0v) is 24.6. The highest BCUT2D eigenvalue weighted by Gasteiger charge is 2.32. The van der Waals surface area contributed by atoms with Crippen LogP contribution >= 0.6 is 11.6 Å². The van der Waals surface area contributed by atoms with E-state index in [-0.39, 0.29) is 33.5 Å². The van der Waals surface area contributed by atoms with E-state index in [0.717, 1.165) is 37.3 Å². The lowest BCUT2D eigenvalue weighted by Gasteiger charge is -2.36. The lowest BCUT2D eigenvalue weighted by atomic mass is 9.75. The summed E-state index contributed by atoms with van der Waals surface area (Å²) in [6, 6.07) is 14.3. The van der Waals surface area contributed by atoms with Crippen LogP contribution in [0.1, 0.15) is 57.6 Å². The number of halogens is 6. The molecule has 5 rings (SSSR count). The van der Waals surface area contributed by atoms with Gasteiger partial charge >= 0.3 is 6.36 Å². The Morgan fingerprint density at radius 3 is 2.50 bits per heavy atom. The van der Waals surface area contributed by atoms with Crippen LogP contribution in [0.25, 0.3) is 11.0 Å². The molecule has 1 amide bonds. The highest BCUT2D eigenvalue weighted by atomic mass is 35.5. The highest BCUT2D eigenvalue weighted by molar-refractivity contribution is 6.33. The molecular formula is C31H30ClF5N4O3. The number of amides is 1. The van der Waals surface area contributed by atoms with Crippen molar-refractivity contribution in [2.75, 3.05) is 17.2 Å². The molecule has 0 spiro atoms. The van der Waals surface area contributed by atoms with Gasteiger partial charge in [0.2, 0.25) is 5.95 Å². The molecule has 0 saturated heterocycles. The normalized spacial score (nSPS) is 16.6. The molecule has 234 valence electrons. The summed E-state index contributed by atoms with van der Waals surface area (Å²) in [4.78, 5) is 17.3. The van der Waals surface area contributed by atoms with Crippen LogP contribution in [0.3, 0.4) is 0 Å². The molecule has 0 radical (unpaired) electrons. The average molecular weight is 637 g/mol. The van der Waals surface area contributed by atoms with E-state index in [0.29, 0.717) is 22.9 Å². The Labute approximate surface area is 255 Å². The quantitative estimate of drug-likeness (QED) is 0.179. The summed E-state index contributed by atoms with van der Waals surface area (Å²) in [7, 11) is 0. The zero-order valence-electron chi connectivity index (χ0n) is 23.9. The fraction of sp³-hybridized carbons (Fsp3) is 0.355. The molecule has 1 atom stereocenters. The van der Waals surface area contributed by atoms with Crippen LogP contribution in [-0.2, 0) is 4.79 Å². The number of fused-ring (bicyclic) bond motifs is 1. The summed E-state index contributed by atoms with van der Waals surface area (Å²) in [6.45, 7) is 4.03. The van der Waals surface area contributed by atoms with E-state index in [9.17, 15) is 26.7 Å². The van der Waals surface area contributed by atoms with E-state index in [1.54, 1.807) is 12.1 Å². The second-order valence-corrected chi connectivity index (χ2v) is 11.9. The SMILES string of the molecule is CC1(C)CCCC(n2c(Nc3ccc(OC(F)(F)F)cc3)nc3cc(OCC(=O)Nc4cc(C(F)F)ccc4Cl)ccc32)C1. The lowest BCUT2D eigenvalue weighted by Crippen LogP contribution is -2.25. The van der Waals surface area contributed by atoms with Crippen LogP contribution in [0.15, 0.2) is 60.7 Å². The van der Waals surface area contributed by atoms with Crippen molar-refractivity contribution in [2.24, 2.45) is 5.41 Å². The first-order valence-corrected chi connectivity index (χ1v) is 14.3. The minimum absolute atomic E-state index is 0.0522. The third kappa shape index (κ3) is 7.71. The largest absolute Gasteiger partial charge is 0.573 e. The van der Waals surface area contributed by atoms with Gasteiger partial charge in [-0.05, 0) is 73.2 Å². The summed E-state index contributed by atoms with van der Waals surface area (Å²) in [6.07, 6.45) is -3.55. The number of aromatic nitrogens is 2. The van der Waals surface area contributed by atoms with Crippen molar-refractivity contribution in [1.29, 1.82) is 0 Å². The van der Waals surface area contributed by atoms with Crippen molar-refractivity contribution < 1.29 is 36.2 Å². The molecule has 1 unspecified atom stereocenters. The van der Waals surface area contributed by atoms with Crippen molar-refractivity contribution in [3.8, 4) is 11.5 Å². The number of hydrogen-bond donors (Lipinski definition) is 2. The molecule has 0 aliphatic heterocycles. The fourth-order valence-corrected chi connectivity index (χ4v) is 5.65. The van der Waals surface area contributed by atoms with Crippen LogP contribution in [-0.4, -0.2) is 28.4 Å². The van der Waals surface area contributed by atoms with Gasteiger partial charge in [0.05, 0.1) is 21.7 Å². The van der Waals surface area contributed by atoms with Crippen molar-refractivity contribution in [1.82, 2.24) is 9.55 Å². The smallest absolute Gasteiger partial charge is 0.484 e. The van der Waals surface area contributed by atoms with Crippen LogP contribution in [0, 0.1) is 5.41 Å². The number of ether oxygens (including phenoxy) is 2. The molecule has 3 aromatic carbocycles. The van der Waals surface area contributed by atoms with Gasteiger partial charge < -0.3 is 24.7 Å². The van der Waals surface area contributed by atoms with E-state index in [1.165, 1.54) is 36.4 Å². The molecule has 1 aliphatic carbocycles. The predicted molar refractivity (Wildman–Crippen MR) is 158 cm³/mol. The van der Waals surface area contributed by atoms with Crippen LogP contribution in [0.5, 0.6) is 11.5 Å². The molecule has 13 heteroatoms. The maximum Gasteiger partial charge on any atom is 0.573 e. The van der Waals surface area contributed by atoms with Gasteiger partial charge in [-0.15, -0.1) is 13.2 Å². The van der Waals surface area contributed by atoms with Gasteiger partial charge in [-0.1, -0.05) is 37.9 Å². The second kappa shape index (κ2) is 12.5. The monoisotopic (exact) mass is 636 g/mol. The van der Waals surface area contributed by atoms with Crippen molar-refractivity contribution in [2.45, 2.75) is 58.4 Å². The molecule has 4 aromatic rings. The lowest BCUT2D eigenvalue weighted by molar-refractivity contribution is -0.274. The molecule has 1 fully saturated rings. The Morgan fingerprint density at radius 1 is 1.09 bits per heavy atom. The number of carbonyl (C=O) groups excluding carboxylic acids is 1. The Bertz CT molecular complexity index is 1640. The summed E-state index contributed by atoms with van der Waals surface area (Å²) in [5.74, 6) is -0.0568. The van der Waals surface area contributed by atoms with E-state index in [4.69, 9.17) is 21.3 Å². The molecule has 1 aliphatic rings. The minimum Gasteiger partial charge on any atom is -0.484 e. The molecule has 1 saturated carbocycles. The summed E-state index contributed by atoms with van der Waals surface area (Å²) in [5.41, 5.74) is 1.81. The van der Waals surface area contributed by atoms with E-state index < -0.39 is 25.3 Å². The highest BCUT2D eigenvalue weighted by Crippen LogP contribution is 2.44. The van der Waals surface area contributed by atoms with Gasteiger partial charge in [-0.3, -0.25) is 4.79 Å². The number of hydrogen-bond acceptors (Lipinski definition) is 5. The van der Waals surface area contributed by atoms with Crippen LogP contribution in [0.4, 0.5) is 39.3 Å². The third-order valence-corrected chi connectivity index (χ3v) is 7.77. The van der Waals surface area contributed by atoms with Crippen LogP contribution < -0.4 is 20.1 Å². The van der Waals surface area contributed by atoms with Crippen LogP contribution in [0.2, 0.25) is 5.02 Å². The van der Waals surface area contributed by atoms with Gasteiger partial charge in [0.25, 0.3) is 12.3 Å². The molecule has 1 heterocycles. The Hall–Kier alpha value is -4.06. The molecule has 2 N–H and O–H groups in total. The predicted octanol–water partition coefficient (Wildman–Crippen LogP) is 9.43. The Balaban J connectivity index is 1.37. The number of carbonyl (C=O) groups is 1. The van der Waals surface area contributed by atoms with Crippen molar-refractivity contribution in [3.05, 3.63) is 71.2 Å². The van der Waals surface area contributed by atoms with Gasteiger partial charge in [-0.25, -0.2) is 13.8 Å².